The second kappa shape index (κ2) is 18.7. The van der Waals surface area contributed by atoms with E-state index >= 15 is 4.79 Å². The van der Waals surface area contributed by atoms with E-state index in [0.29, 0.717) is 75.0 Å². The number of fused-ring (bicyclic) bond motifs is 3. The molecular weight excluding hydrogens is 910 g/mol. The number of rotatable bonds is 10. The Bertz CT molecular complexity index is 2570. The Kier molecular flexibility index (Phi) is 13.4. The molecule has 4 amide bonds. The molecule has 16 nitrogen and oxygen atoms in total. The van der Waals surface area contributed by atoms with Crippen LogP contribution in [0.1, 0.15) is 72.6 Å². The van der Waals surface area contributed by atoms with Crippen LogP contribution in [-0.4, -0.2) is 133 Å². The zero-order valence-electron chi connectivity index (χ0n) is 38.8. The number of aromatic nitrogens is 1. The average molecular weight is 969 g/mol. The first-order chi connectivity index (χ1) is 32.1. The zero-order valence-corrected chi connectivity index (χ0v) is 39.6. The van der Waals surface area contributed by atoms with Crippen LogP contribution in [-0.2, 0) is 29.1 Å². The largest absolute Gasteiger partial charge is 0.497 e. The van der Waals surface area contributed by atoms with Gasteiger partial charge in [0.25, 0.3) is 5.91 Å². The molecule has 0 unspecified atom stereocenters. The van der Waals surface area contributed by atoms with E-state index in [-0.39, 0.29) is 42.5 Å². The molecule has 368 valence electrons. The minimum Gasteiger partial charge on any atom is -0.497 e. The fourth-order valence-corrected chi connectivity index (χ4v) is 11.2. The Morgan fingerprint density at radius 1 is 1.01 bits per heavy atom. The minimum atomic E-state index is -5.11. The highest BCUT2D eigenvalue weighted by atomic mass is 32.2. The summed E-state index contributed by atoms with van der Waals surface area (Å²) in [6.07, 6.45) is -2.91. The van der Waals surface area contributed by atoms with Crippen molar-refractivity contribution in [3.8, 4) is 22.9 Å². The van der Waals surface area contributed by atoms with E-state index in [1.165, 1.54) is 14.0 Å². The zero-order chi connectivity index (χ0) is 48.9. The summed E-state index contributed by atoms with van der Waals surface area (Å²) in [7, 11) is -2.52. The Hall–Kier alpha value is -5.63. The lowest BCUT2D eigenvalue weighted by atomic mass is 9.85. The summed E-state index contributed by atoms with van der Waals surface area (Å²) in [5, 5.41) is 13.9. The first-order valence-corrected chi connectivity index (χ1v) is 24.7. The van der Waals surface area contributed by atoms with Crippen molar-refractivity contribution in [3.05, 3.63) is 60.7 Å². The number of ether oxygens (including phenoxy) is 3. The highest BCUT2D eigenvalue weighted by Gasteiger charge is 2.63. The molecule has 4 fully saturated rings. The van der Waals surface area contributed by atoms with Crippen LogP contribution in [0.4, 0.5) is 23.7 Å². The van der Waals surface area contributed by atoms with Crippen molar-refractivity contribution in [2.45, 2.75) is 113 Å². The van der Waals surface area contributed by atoms with E-state index in [0.717, 1.165) is 29.2 Å². The average Bonchev–Trinajstić information content (AvgIpc) is 4.22. The third kappa shape index (κ3) is 9.80. The van der Waals surface area contributed by atoms with Gasteiger partial charge in [0.2, 0.25) is 27.7 Å². The number of hydrogen-bond acceptors (Lipinski definition) is 11. The maximum atomic E-state index is 15.3. The maximum absolute atomic E-state index is 15.3. The van der Waals surface area contributed by atoms with Crippen LogP contribution in [0.15, 0.2) is 60.7 Å². The normalized spacial score (nSPS) is 27.3. The van der Waals surface area contributed by atoms with Crippen molar-refractivity contribution in [2.24, 2.45) is 17.8 Å². The molecule has 2 saturated heterocycles. The number of carbonyl (C=O) groups excluding carboxylic acids is 3. The van der Waals surface area contributed by atoms with Gasteiger partial charge in [-0.25, -0.2) is 18.2 Å². The summed E-state index contributed by atoms with van der Waals surface area (Å²) < 4.78 is 90.7. The SMILES string of the molecule is COc1ccc2c(O[C@@H]3C[C@H]4C(=O)N[C@]5(C(=O)NS(=O)(=O)C6CC6)C[C@H]5C=CCC[C@@H](C)C[C@@H](C)[C@H](N(C(=O)O)C(C)(C)C(F)(F)F)C(=O)N4C3)nc(-c3ccc(N4CCOCC4)cc3)cc2c1. The highest BCUT2D eigenvalue weighted by molar-refractivity contribution is 7.91. The van der Waals surface area contributed by atoms with Gasteiger partial charge in [-0.2, -0.15) is 13.2 Å². The third-order valence-electron chi connectivity index (χ3n) is 14.2. The lowest BCUT2D eigenvalue weighted by molar-refractivity contribution is -0.222. The van der Waals surface area contributed by atoms with Gasteiger partial charge >= 0.3 is 12.3 Å². The lowest BCUT2D eigenvalue weighted by Gasteiger charge is -2.45. The number of nitrogens with zero attached hydrogens (tertiary/aromatic N) is 4. The van der Waals surface area contributed by atoms with Crippen LogP contribution in [0.3, 0.4) is 0 Å². The number of carboxylic acid groups (broad SMARTS) is 1. The number of hydrogen-bond donors (Lipinski definition) is 3. The Balaban J connectivity index is 1.19. The van der Waals surface area contributed by atoms with Crippen molar-refractivity contribution >= 4 is 50.3 Å². The third-order valence-corrected chi connectivity index (χ3v) is 16.0. The summed E-state index contributed by atoms with van der Waals surface area (Å²) in [5.41, 5.74) is -2.51. The molecule has 0 radical (unpaired) electrons. The van der Waals surface area contributed by atoms with Crippen molar-refractivity contribution in [1.29, 1.82) is 0 Å². The Labute approximate surface area is 393 Å². The number of halogens is 3. The van der Waals surface area contributed by atoms with Gasteiger partial charge in [0.1, 0.15) is 35.0 Å². The molecule has 3 aliphatic heterocycles. The molecule has 7 atom stereocenters. The molecule has 0 spiro atoms. The van der Waals surface area contributed by atoms with Gasteiger partial charge in [0.15, 0.2) is 0 Å². The lowest BCUT2D eigenvalue weighted by Crippen LogP contribution is -2.66. The number of sulfonamides is 1. The van der Waals surface area contributed by atoms with E-state index in [2.05, 4.69) is 14.9 Å². The topological polar surface area (TPSA) is 197 Å². The van der Waals surface area contributed by atoms with Gasteiger partial charge in [0, 0.05) is 42.1 Å². The molecular formula is C48H59F3N6O10S. The molecule has 20 heteroatoms. The van der Waals surface area contributed by atoms with Gasteiger partial charge in [0.05, 0.1) is 37.8 Å². The molecule has 2 aliphatic carbocycles. The number of alkyl halides is 3. The summed E-state index contributed by atoms with van der Waals surface area (Å²) in [6.45, 7) is 7.12. The summed E-state index contributed by atoms with van der Waals surface area (Å²) in [4.78, 5) is 65.6. The van der Waals surface area contributed by atoms with Crippen LogP contribution in [0, 0.1) is 17.8 Å². The first-order valence-electron chi connectivity index (χ1n) is 23.2. The van der Waals surface area contributed by atoms with E-state index < -0.39 is 86.4 Å². The summed E-state index contributed by atoms with van der Waals surface area (Å²) in [6, 6.07) is 11.5. The number of carbonyl (C=O) groups is 4. The van der Waals surface area contributed by atoms with Crippen molar-refractivity contribution < 1.29 is 60.1 Å². The number of pyridine rings is 1. The monoisotopic (exact) mass is 968 g/mol. The Morgan fingerprint density at radius 2 is 1.72 bits per heavy atom. The molecule has 0 bridgehead atoms. The molecule has 2 saturated carbocycles. The molecule has 3 aromatic rings. The van der Waals surface area contributed by atoms with Crippen LogP contribution in [0.5, 0.6) is 11.6 Å². The second-order valence-electron chi connectivity index (χ2n) is 19.5. The van der Waals surface area contributed by atoms with Crippen LogP contribution >= 0.6 is 0 Å². The van der Waals surface area contributed by atoms with Gasteiger partial charge in [-0.3, -0.25) is 24.0 Å². The quantitative estimate of drug-likeness (QED) is 0.193. The predicted octanol–water partition coefficient (Wildman–Crippen LogP) is 6.28. The number of nitrogens with one attached hydrogen (secondary N) is 2. The Morgan fingerprint density at radius 3 is 2.37 bits per heavy atom. The molecule has 1 aromatic heterocycles. The first kappa shape index (κ1) is 48.8. The molecule has 2 aromatic carbocycles. The molecule has 4 heterocycles. The maximum Gasteiger partial charge on any atom is 0.411 e. The molecule has 8 rings (SSSR count). The van der Waals surface area contributed by atoms with Crippen LogP contribution in [0.25, 0.3) is 22.0 Å². The standard InChI is InChI=1S/C48H59F3N6O10S/c1-28-8-6-7-9-32-26-47(32,44(60)54-68(63,64)36-15-16-36)53-41(58)39-25-35(27-56(39)43(59)40(29(2)22-28)57(45(61)62)46(3,4)48(49,50)51)67-42-37-17-14-34(65-5)23-31(37)24-38(52-42)30-10-12-33(13-11-30)55-18-20-66-21-19-55/h7,9-14,17,23-24,28-29,32,35-36,39-40H,6,8,15-16,18-22,25-27H2,1-5H3,(H,53,58)(H,54,60)(H,61,62)/t28-,29-,32-,35-,39+,40+,47-/m1/s1. The number of amides is 4. The van der Waals surface area contributed by atoms with Crippen molar-refractivity contribution in [3.63, 3.8) is 0 Å². The number of allylic oxidation sites excluding steroid dienone is 1. The van der Waals surface area contributed by atoms with Crippen LogP contribution in [0.2, 0.25) is 0 Å². The van der Waals surface area contributed by atoms with E-state index in [1.54, 1.807) is 24.3 Å². The molecule has 5 aliphatic rings. The number of methoxy groups -OCH3 is 1. The summed E-state index contributed by atoms with van der Waals surface area (Å²) in [5.74, 6) is -4.00. The van der Waals surface area contributed by atoms with Gasteiger partial charge in [-0.1, -0.05) is 38.1 Å². The number of benzene rings is 2. The van der Waals surface area contributed by atoms with Gasteiger partial charge in [-0.05, 0) is 106 Å². The van der Waals surface area contributed by atoms with E-state index in [9.17, 15) is 41.1 Å². The smallest absolute Gasteiger partial charge is 0.411 e. The number of morpholine rings is 1. The molecule has 3 N–H and O–H groups in total. The van der Waals surface area contributed by atoms with Crippen LogP contribution < -0.4 is 24.4 Å². The predicted molar refractivity (Wildman–Crippen MR) is 245 cm³/mol. The minimum absolute atomic E-state index is 0.0449. The van der Waals surface area contributed by atoms with Crippen molar-refractivity contribution in [2.75, 3.05) is 44.9 Å². The summed E-state index contributed by atoms with van der Waals surface area (Å²) >= 11 is 0. The van der Waals surface area contributed by atoms with Crippen molar-refractivity contribution in [1.82, 2.24) is 24.8 Å². The molecule has 68 heavy (non-hydrogen) atoms. The number of anilines is 1. The van der Waals surface area contributed by atoms with E-state index in [4.69, 9.17) is 19.2 Å². The van der Waals surface area contributed by atoms with E-state index in [1.807, 2.05) is 43.3 Å². The fraction of sp³-hybridized carbons (Fsp3) is 0.562. The second-order valence-corrected chi connectivity index (χ2v) is 21.4. The van der Waals surface area contributed by atoms with Gasteiger partial charge < -0.3 is 34.4 Å². The fourth-order valence-electron chi connectivity index (χ4n) is 9.88. The highest BCUT2D eigenvalue weighted by Crippen LogP contribution is 2.47. The van der Waals surface area contributed by atoms with Gasteiger partial charge in [-0.15, -0.1) is 0 Å².